The highest BCUT2D eigenvalue weighted by Gasteiger charge is 2.17. The van der Waals surface area contributed by atoms with Crippen molar-refractivity contribution < 1.29 is 23.9 Å². The number of hydrogen-bond acceptors (Lipinski definition) is 7. The van der Waals surface area contributed by atoms with Gasteiger partial charge in [0.1, 0.15) is 5.75 Å². The van der Waals surface area contributed by atoms with Crippen LogP contribution in [0.4, 0.5) is 5.69 Å². The molecule has 0 bridgehead atoms. The van der Waals surface area contributed by atoms with Crippen LogP contribution in [0.15, 0.2) is 36.7 Å². The Balaban J connectivity index is 1.81. The Morgan fingerprint density at radius 3 is 2.63 bits per heavy atom. The monoisotopic (exact) mass is 372 g/mol. The van der Waals surface area contributed by atoms with Gasteiger partial charge < -0.3 is 19.7 Å². The maximum absolute atomic E-state index is 12.0. The minimum Gasteiger partial charge on any atom is -0.497 e. The molecule has 0 radical (unpaired) electrons. The number of amides is 2. The minimum atomic E-state index is -0.759. The van der Waals surface area contributed by atoms with Gasteiger partial charge in [0.25, 0.3) is 5.91 Å². The third kappa shape index (κ3) is 6.07. The van der Waals surface area contributed by atoms with Gasteiger partial charge >= 0.3 is 5.97 Å². The van der Waals surface area contributed by atoms with Crippen molar-refractivity contribution in [2.75, 3.05) is 32.6 Å². The van der Waals surface area contributed by atoms with Crippen molar-refractivity contribution in [1.29, 1.82) is 0 Å². The first-order valence-electron chi connectivity index (χ1n) is 8.02. The molecule has 0 fully saturated rings. The number of aryl methyl sites for hydroxylation is 1. The zero-order valence-electron chi connectivity index (χ0n) is 15.3. The van der Waals surface area contributed by atoms with Crippen molar-refractivity contribution in [3.05, 3.63) is 48.0 Å². The summed E-state index contributed by atoms with van der Waals surface area (Å²) in [6.07, 6.45) is 2.70. The van der Waals surface area contributed by atoms with Crippen LogP contribution in [0, 0.1) is 6.92 Å². The number of benzene rings is 1. The van der Waals surface area contributed by atoms with E-state index in [1.165, 1.54) is 26.6 Å². The fourth-order valence-corrected chi connectivity index (χ4v) is 2.01. The molecule has 142 valence electrons. The van der Waals surface area contributed by atoms with Crippen molar-refractivity contribution >= 4 is 23.5 Å². The molecule has 0 aliphatic carbocycles. The lowest BCUT2D eigenvalue weighted by Crippen LogP contribution is -2.37. The average Bonchev–Trinajstić information content (AvgIpc) is 2.66. The number of methoxy groups -OCH3 is 1. The first kappa shape index (κ1) is 19.8. The van der Waals surface area contributed by atoms with E-state index in [-0.39, 0.29) is 12.2 Å². The summed E-state index contributed by atoms with van der Waals surface area (Å²) >= 11 is 0. The lowest BCUT2D eigenvalue weighted by molar-refractivity contribution is -0.136. The van der Waals surface area contributed by atoms with Crippen LogP contribution < -0.4 is 10.1 Å². The molecular weight excluding hydrogens is 352 g/mol. The molecule has 0 saturated heterocycles. The first-order valence-corrected chi connectivity index (χ1v) is 8.02. The summed E-state index contributed by atoms with van der Waals surface area (Å²) < 4.78 is 9.98. The van der Waals surface area contributed by atoms with Crippen molar-refractivity contribution in [1.82, 2.24) is 14.9 Å². The molecule has 0 unspecified atom stereocenters. The number of hydrogen-bond donors (Lipinski definition) is 1. The number of likely N-dealkylation sites (N-methyl/N-ethyl adjacent to an activating group) is 1. The second-order valence-electron chi connectivity index (χ2n) is 5.65. The van der Waals surface area contributed by atoms with Crippen molar-refractivity contribution in [2.24, 2.45) is 0 Å². The van der Waals surface area contributed by atoms with Crippen molar-refractivity contribution in [2.45, 2.75) is 6.92 Å². The average molecular weight is 372 g/mol. The largest absolute Gasteiger partial charge is 0.497 e. The van der Waals surface area contributed by atoms with Gasteiger partial charge in [-0.05, 0) is 19.1 Å². The van der Waals surface area contributed by atoms with Gasteiger partial charge in [-0.3, -0.25) is 14.6 Å². The highest BCUT2D eigenvalue weighted by atomic mass is 16.5. The Kier molecular flexibility index (Phi) is 6.81. The van der Waals surface area contributed by atoms with E-state index in [4.69, 9.17) is 9.47 Å². The Bertz CT molecular complexity index is 823. The Labute approximate surface area is 156 Å². The van der Waals surface area contributed by atoms with Crippen molar-refractivity contribution in [3.8, 4) is 5.75 Å². The smallest absolute Gasteiger partial charge is 0.359 e. The summed E-state index contributed by atoms with van der Waals surface area (Å²) in [5, 5.41) is 2.66. The predicted molar refractivity (Wildman–Crippen MR) is 96.3 cm³/mol. The quantitative estimate of drug-likeness (QED) is 0.723. The maximum atomic E-state index is 12.0. The molecule has 27 heavy (non-hydrogen) atoms. The molecule has 1 heterocycles. The Morgan fingerprint density at radius 1 is 1.19 bits per heavy atom. The number of nitrogens with one attached hydrogen (secondary N) is 1. The van der Waals surface area contributed by atoms with E-state index in [1.54, 1.807) is 31.2 Å². The number of ether oxygens (including phenoxy) is 2. The molecule has 0 aliphatic rings. The second kappa shape index (κ2) is 9.27. The van der Waals surface area contributed by atoms with Gasteiger partial charge in [0.05, 0.1) is 25.5 Å². The first-order chi connectivity index (χ1) is 12.9. The normalized spacial score (nSPS) is 10.0. The predicted octanol–water partition coefficient (Wildman–Crippen LogP) is 1.05. The van der Waals surface area contributed by atoms with E-state index in [2.05, 4.69) is 15.3 Å². The van der Waals surface area contributed by atoms with Crippen LogP contribution in [-0.4, -0.2) is 60.0 Å². The van der Waals surface area contributed by atoms with Crippen LogP contribution in [0.25, 0.3) is 0 Å². The van der Waals surface area contributed by atoms with Crippen LogP contribution in [0.5, 0.6) is 5.75 Å². The number of carbonyl (C=O) groups excluding carboxylic acids is 3. The van der Waals surface area contributed by atoms with Gasteiger partial charge in [-0.2, -0.15) is 0 Å². The fraction of sp³-hybridized carbons (Fsp3) is 0.278. The third-order valence-electron chi connectivity index (χ3n) is 3.48. The van der Waals surface area contributed by atoms with Crippen molar-refractivity contribution in [3.63, 3.8) is 0 Å². The van der Waals surface area contributed by atoms with Gasteiger partial charge in [0.15, 0.2) is 12.3 Å². The fourth-order valence-electron chi connectivity index (χ4n) is 2.01. The number of rotatable bonds is 7. The molecule has 2 amide bonds. The molecule has 0 spiro atoms. The molecule has 0 saturated carbocycles. The van der Waals surface area contributed by atoms with E-state index in [9.17, 15) is 14.4 Å². The minimum absolute atomic E-state index is 0.00632. The number of aromatic nitrogens is 2. The number of nitrogens with zero attached hydrogens (tertiary/aromatic N) is 3. The van der Waals surface area contributed by atoms with E-state index in [0.717, 1.165) is 4.90 Å². The molecule has 0 aliphatic heterocycles. The molecule has 2 rings (SSSR count). The van der Waals surface area contributed by atoms with E-state index in [1.807, 2.05) is 0 Å². The van der Waals surface area contributed by atoms with E-state index < -0.39 is 24.4 Å². The molecule has 1 aromatic carbocycles. The summed E-state index contributed by atoms with van der Waals surface area (Å²) in [7, 11) is 2.96. The van der Waals surface area contributed by atoms with Crippen LogP contribution in [0.1, 0.15) is 16.2 Å². The van der Waals surface area contributed by atoms with Gasteiger partial charge in [-0.1, -0.05) is 6.07 Å². The van der Waals surface area contributed by atoms with Crippen LogP contribution >= 0.6 is 0 Å². The second-order valence-corrected chi connectivity index (χ2v) is 5.65. The lowest BCUT2D eigenvalue weighted by Gasteiger charge is -2.16. The maximum Gasteiger partial charge on any atom is 0.359 e. The summed E-state index contributed by atoms with van der Waals surface area (Å²) in [4.78, 5) is 44.9. The van der Waals surface area contributed by atoms with E-state index >= 15 is 0 Å². The molecular formula is C18H20N4O5. The Morgan fingerprint density at radius 2 is 1.96 bits per heavy atom. The van der Waals surface area contributed by atoms with Crippen LogP contribution in [0.3, 0.4) is 0 Å². The van der Waals surface area contributed by atoms with Gasteiger partial charge in [0, 0.05) is 25.0 Å². The molecule has 9 heteroatoms. The summed E-state index contributed by atoms with van der Waals surface area (Å²) in [5.41, 5.74) is 1.21. The summed E-state index contributed by atoms with van der Waals surface area (Å²) in [6, 6.07) is 6.84. The SMILES string of the molecule is COc1cccc(NC(=O)CN(C)C(=O)COC(=O)c2cnc(C)cn2)c1. The Hall–Kier alpha value is -3.49. The highest BCUT2D eigenvalue weighted by Crippen LogP contribution is 2.16. The molecule has 1 N–H and O–H groups in total. The topological polar surface area (TPSA) is 111 Å². The standard InChI is InChI=1S/C18H20N4O5/c1-12-8-20-15(9-19-12)18(25)27-11-17(24)22(2)10-16(23)21-13-5-4-6-14(7-13)26-3/h4-9H,10-11H2,1-3H3,(H,21,23). The zero-order valence-corrected chi connectivity index (χ0v) is 15.3. The number of anilines is 1. The van der Waals surface area contributed by atoms with Gasteiger partial charge in [-0.15, -0.1) is 0 Å². The lowest BCUT2D eigenvalue weighted by atomic mass is 10.3. The summed E-state index contributed by atoms with van der Waals surface area (Å²) in [6.45, 7) is 1.03. The molecule has 2 aromatic rings. The highest BCUT2D eigenvalue weighted by molar-refractivity contribution is 5.95. The molecule has 0 atom stereocenters. The molecule has 9 nitrogen and oxygen atoms in total. The number of carbonyl (C=O) groups is 3. The zero-order chi connectivity index (χ0) is 19.8. The number of esters is 1. The van der Waals surface area contributed by atoms with Gasteiger partial charge in [0.2, 0.25) is 5.91 Å². The third-order valence-corrected chi connectivity index (χ3v) is 3.48. The van der Waals surface area contributed by atoms with Gasteiger partial charge in [-0.25, -0.2) is 9.78 Å². The van der Waals surface area contributed by atoms with E-state index in [0.29, 0.717) is 17.1 Å². The van der Waals surface area contributed by atoms with Crippen LogP contribution in [0.2, 0.25) is 0 Å². The van der Waals surface area contributed by atoms with Crippen LogP contribution in [-0.2, 0) is 14.3 Å². The molecule has 1 aromatic heterocycles. The summed E-state index contributed by atoms with van der Waals surface area (Å²) in [5.74, 6) is -1.08.